The van der Waals surface area contributed by atoms with E-state index in [9.17, 15) is 9.59 Å². The molecule has 31 heavy (non-hydrogen) atoms. The number of ether oxygens (including phenoxy) is 1. The number of hydrogen-bond acceptors (Lipinski definition) is 4. The molecule has 158 valence electrons. The SMILES string of the molecule is N[C@H](CC(=O)O)C[C@H](C(=O)OCC1c2ccccc2-c2ccccc21)c1ccccc1. The van der Waals surface area contributed by atoms with E-state index in [4.69, 9.17) is 15.6 Å². The number of benzene rings is 3. The van der Waals surface area contributed by atoms with Crippen molar-refractivity contribution in [1.82, 2.24) is 0 Å². The molecule has 0 radical (unpaired) electrons. The third kappa shape index (κ3) is 4.52. The molecule has 0 aliphatic heterocycles. The molecule has 5 heteroatoms. The third-order valence-electron chi connectivity index (χ3n) is 5.82. The summed E-state index contributed by atoms with van der Waals surface area (Å²) in [6.07, 6.45) is 0.0208. The Kier molecular flexibility index (Phi) is 6.14. The Morgan fingerprint density at radius 1 is 0.871 bits per heavy atom. The molecule has 3 N–H and O–H groups in total. The minimum absolute atomic E-state index is 0.0273. The van der Waals surface area contributed by atoms with Crippen LogP contribution >= 0.6 is 0 Å². The molecule has 3 aromatic rings. The second-order valence-electron chi connectivity index (χ2n) is 7.91. The van der Waals surface area contributed by atoms with E-state index in [-0.39, 0.29) is 31.3 Å². The van der Waals surface area contributed by atoms with Crippen LogP contribution in [0.4, 0.5) is 0 Å². The van der Waals surface area contributed by atoms with E-state index in [2.05, 4.69) is 24.3 Å². The summed E-state index contributed by atoms with van der Waals surface area (Å²) in [4.78, 5) is 24.2. The Labute approximate surface area is 181 Å². The fraction of sp³-hybridized carbons (Fsp3) is 0.231. The summed E-state index contributed by atoms with van der Waals surface area (Å²) in [6, 6.07) is 25.0. The fourth-order valence-electron chi connectivity index (χ4n) is 4.37. The highest BCUT2D eigenvalue weighted by molar-refractivity contribution is 5.80. The van der Waals surface area contributed by atoms with Crippen molar-refractivity contribution in [3.63, 3.8) is 0 Å². The van der Waals surface area contributed by atoms with E-state index in [0.717, 1.165) is 16.7 Å². The van der Waals surface area contributed by atoms with Gasteiger partial charge in [0, 0.05) is 12.0 Å². The highest BCUT2D eigenvalue weighted by atomic mass is 16.5. The van der Waals surface area contributed by atoms with E-state index in [1.807, 2.05) is 54.6 Å². The lowest BCUT2D eigenvalue weighted by Gasteiger charge is -2.21. The molecule has 0 amide bonds. The van der Waals surface area contributed by atoms with Crippen LogP contribution in [0.25, 0.3) is 11.1 Å². The number of rotatable bonds is 8. The van der Waals surface area contributed by atoms with Crippen molar-refractivity contribution in [2.75, 3.05) is 6.61 Å². The Hall–Kier alpha value is -3.44. The first-order valence-electron chi connectivity index (χ1n) is 10.4. The highest BCUT2D eigenvalue weighted by Gasteiger charge is 2.31. The summed E-state index contributed by atoms with van der Waals surface area (Å²) in [5.74, 6) is -2.00. The van der Waals surface area contributed by atoms with Crippen LogP contribution in [0.3, 0.4) is 0 Å². The van der Waals surface area contributed by atoms with Gasteiger partial charge in [-0.2, -0.15) is 0 Å². The third-order valence-corrected chi connectivity index (χ3v) is 5.82. The van der Waals surface area contributed by atoms with Crippen molar-refractivity contribution in [3.05, 3.63) is 95.6 Å². The van der Waals surface area contributed by atoms with Gasteiger partial charge in [0.15, 0.2) is 0 Å². The number of carboxylic acid groups (broad SMARTS) is 1. The standard InChI is InChI=1S/C26H25NO4/c27-18(15-25(28)29)14-23(17-8-2-1-3-9-17)26(30)31-16-24-21-12-6-4-10-19(21)20-11-5-7-13-22(20)24/h1-13,18,23-24H,14-16,27H2,(H,28,29)/t18-,23-/m0/s1. The average Bonchev–Trinajstić information content (AvgIpc) is 3.10. The van der Waals surface area contributed by atoms with Crippen molar-refractivity contribution in [1.29, 1.82) is 0 Å². The predicted octanol–water partition coefficient (Wildman–Crippen LogP) is 4.32. The molecule has 4 rings (SSSR count). The van der Waals surface area contributed by atoms with Gasteiger partial charge in [-0.15, -0.1) is 0 Å². The lowest BCUT2D eigenvalue weighted by Crippen LogP contribution is -2.30. The molecule has 0 saturated heterocycles. The zero-order valence-corrected chi connectivity index (χ0v) is 17.1. The predicted molar refractivity (Wildman–Crippen MR) is 119 cm³/mol. The van der Waals surface area contributed by atoms with Gasteiger partial charge in [0.25, 0.3) is 0 Å². The largest absolute Gasteiger partial charge is 0.481 e. The molecule has 5 nitrogen and oxygen atoms in total. The second kappa shape index (κ2) is 9.14. The van der Waals surface area contributed by atoms with Gasteiger partial charge in [0.2, 0.25) is 0 Å². The molecule has 2 atom stereocenters. The number of nitrogens with two attached hydrogens (primary N) is 1. The van der Waals surface area contributed by atoms with Crippen molar-refractivity contribution in [2.45, 2.75) is 30.7 Å². The number of carbonyl (C=O) groups excluding carboxylic acids is 1. The maximum Gasteiger partial charge on any atom is 0.313 e. The van der Waals surface area contributed by atoms with Gasteiger partial charge in [0.05, 0.1) is 12.3 Å². The second-order valence-corrected chi connectivity index (χ2v) is 7.91. The van der Waals surface area contributed by atoms with Gasteiger partial charge in [-0.3, -0.25) is 9.59 Å². The quantitative estimate of drug-likeness (QED) is 0.535. The lowest BCUT2D eigenvalue weighted by atomic mass is 9.91. The Morgan fingerprint density at radius 3 is 2.00 bits per heavy atom. The molecule has 3 aromatic carbocycles. The Bertz CT molecular complexity index is 1030. The highest BCUT2D eigenvalue weighted by Crippen LogP contribution is 2.44. The first-order chi connectivity index (χ1) is 15.0. The molecule has 1 aliphatic carbocycles. The van der Waals surface area contributed by atoms with Crippen LogP contribution in [0.1, 0.15) is 41.4 Å². The average molecular weight is 415 g/mol. The van der Waals surface area contributed by atoms with E-state index in [0.29, 0.717) is 0 Å². The van der Waals surface area contributed by atoms with Crippen LogP contribution in [-0.2, 0) is 14.3 Å². The summed E-state index contributed by atoms with van der Waals surface area (Å²) < 4.78 is 5.82. The maximum atomic E-state index is 13.1. The molecule has 0 bridgehead atoms. The van der Waals surface area contributed by atoms with Crippen LogP contribution < -0.4 is 5.73 Å². The number of fused-ring (bicyclic) bond motifs is 3. The van der Waals surface area contributed by atoms with Crippen molar-refractivity contribution >= 4 is 11.9 Å². The summed E-state index contributed by atoms with van der Waals surface area (Å²) in [6.45, 7) is 0.227. The van der Waals surface area contributed by atoms with Gasteiger partial charge >= 0.3 is 11.9 Å². The number of esters is 1. The molecule has 0 heterocycles. The zero-order valence-electron chi connectivity index (χ0n) is 17.1. The number of carbonyl (C=O) groups is 2. The fourth-order valence-corrected chi connectivity index (χ4v) is 4.37. The molecule has 0 unspecified atom stereocenters. The molecular formula is C26H25NO4. The summed E-state index contributed by atoms with van der Waals surface area (Å²) >= 11 is 0. The molecule has 1 aliphatic rings. The minimum Gasteiger partial charge on any atom is -0.481 e. The minimum atomic E-state index is -0.980. The van der Waals surface area contributed by atoms with Gasteiger partial charge in [-0.05, 0) is 34.2 Å². The van der Waals surface area contributed by atoms with Crippen LogP contribution in [0, 0.1) is 0 Å². The van der Waals surface area contributed by atoms with Crippen molar-refractivity contribution in [2.24, 2.45) is 5.73 Å². The molecule has 0 saturated carbocycles. The van der Waals surface area contributed by atoms with E-state index in [1.54, 1.807) is 0 Å². The first-order valence-corrected chi connectivity index (χ1v) is 10.4. The van der Waals surface area contributed by atoms with E-state index >= 15 is 0 Å². The maximum absolute atomic E-state index is 13.1. The number of hydrogen-bond donors (Lipinski definition) is 2. The van der Waals surface area contributed by atoms with Crippen LogP contribution in [0.15, 0.2) is 78.9 Å². The summed E-state index contributed by atoms with van der Waals surface area (Å²) in [5.41, 5.74) is 11.4. The molecule has 0 fully saturated rings. The van der Waals surface area contributed by atoms with Gasteiger partial charge in [-0.1, -0.05) is 78.9 Å². The molecule has 0 aromatic heterocycles. The lowest BCUT2D eigenvalue weighted by molar-refractivity contribution is -0.146. The first kappa shape index (κ1) is 20.8. The van der Waals surface area contributed by atoms with E-state index < -0.39 is 17.9 Å². The zero-order chi connectivity index (χ0) is 21.8. The summed E-state index contributed by atoms with van der Waals surface area (Å²) in [5, 5.41) is 9.04. The monoisotopic (exact) mass is 415 g/mol. The van der Waals surface area contributed by atoms with Crippen LogP contribution in [0.5, 0.6) is 0 Å². The van der Waals surface area contributed by atoms with E-state index in [1.165, 1.54) is 11.1 Å². The van der Waals surface area contributed by atoms with Gasteiger partial charge in [0.1, 0.15) is 6.61 Å². The summed E-state index contributed by atoms with van der Waals surface area (Å²) in [7, 11) is 0. The smallest absolute Gasteiger partial charge is 0.313 e. The van der Waals surface area contributed by atoms with Crippen LogP contribution in [0.2, 0.25) is 0 Å². The molecular weight excluding hydrogens is 390 g/mol. The normalized spacial score (nSPS) is 14.4. The number of carboxylic acids is 1. The van der Waals surface area contributed by atoms with Crippen LogP contribution in [-0.4, -0.2) is 29.7 Å². The topological polar surface area (TPSA) is 89.6 Å². The number of aliphatic carboxylic acids is 1. The van der Waals surface area contributed by atoms with Gasteiger partial charge in [-0.25, -0.2) is 0 Å². The van der Waals surface area contributed by atoms with Crippen molar-refractivity contribution < 1.29 is 19.4 Å². The Morgan fingerprint density at radius 2 is 1.42 bits per heavy atom. The molecule has 0 spiro atoms. The van der Waals surface area contributed by atoms with Crippen molar-refractivity contribution in [3.8, 4) is 11.1 Å². The van der Waals surface area contributed by atoms with Gasteiger partial charge < -0.3 is 15.6 Å². The Balaban J connectivity index is 1.53.